The van der Waals surface area contributed by atoms with Crippen LogP contribution in [0.2, 0.25) is 5.02 Å². The molecule has 0 aliphatic rings. The van der Waals surface area contributed by atoms with E-state index in [1.165, 1.54) is 6.92 Å². The van der Waals surface area contributed by atoms with E-state index in [0.717, 1.165) is 17.5 Å². The van der Waals surface area contributed by atoms with Crippen LogP contribution < -0.4 is 5.32 Å². The Morgan fingerprint density at radius 3 is 2.41 bits per heavy atom. The lowest BCUT2D eigenvalue weighted by Crippen LogP contribution is -2.37. The van der Waals surface area contributed by atoms with Crippen molar-refractivity contribution in [1.29, 1.82) is 0 Å². The number of rotatable bonds is 6. The summed E-state index contributed by atoms with van der Waals surface area (Å²) in [7, 11) is 0. The van der Waals surface area contributed by atoms with Crippen molar-refractivity contribution in [3.63, 3.8) is 0 Å². The van der Waals surface area contributed by atoms with Gasteiger partial charge in [0, 0.05) is 13.5 Å². The quantitative estimate of drug-likeness (QED) is 0.865. The largest absolute Gasteiger partial charge is 0.334 e. The minimum Gasteiger partial charge on any atom is -0.334 e. The maximum absolute atomic E-state index is 12.2. The molecule has 5 heteroatoms. The topological polar surface area (TPSA) is 49.4 Å². The second-order valence-corrected chi connectivity index (χ2v) is 6.52. The highest BCUT2D eigenvalue weighted by Crippen LogP contribution is 2.27. The zero-order valence-electron chi connectivity index (χ0n) is 14.0. The van der Waals surface area contributed by atoms with Gasteiger partial charge in [0.1, 0.15) is 0 Å². The predicted octanol–water partition coefficient (Wildman–Crippen LogP) is 3.79. The summed E-state index contributed by atoms with van der Waals surface area (Å²) in [5.41, 5.74) is 2.57. The molecule has 1 rings (SSSR count). The Morgan fingerprint density at radius 1 is 1.27 bits per heavy atom. The molecule has 2 amide bonds. The Balaban J connectivity index is 2.74. The van der Waals surface area contributed by atoms with Crippen molar-refractivity contribution in [2.45, 2.75) is 41.0 Å². The number of aryl methyl sites for hydroxylation is 2. The van der Waals surface area contributed by atoms with Crippen molar-refractivity contribution >= 4 is 29.1 Å². The lowest BCUT2D eigenvalue weighted by Gasteiger charge is -2.22. The van der Waals surface area contributed by atoms with E-state index in [2.05, 4.69) is 19.2 Å². The van der Waals surface area contributed by atoms with Gasteiger partial charge >= 0.3 is 0 Å². The van der Waals surface area contributed by atoms with Crippen molar-refractivity contribution < 1.29 is 9.59 Å². The van der Waals surface area contributed by atoms with Crippen molar-refractivity contribution in [1.82, 2.24) is 4.90 Å². The molecule has 0 heterocycles. The fourth-order valence-electron chi connectivity index (χ4n) is 2.19. The Bertz CT molecular complexity index is 533. The fourth-order valence-corrected chi connectivity index (χ4v) is 2.56. The van der Waals surface area contributed by atoms with E-state index in [1.807, 2.05) is 26.0 Å². The van der Waals surface area contributed by atoms with Crippen LogP contribution in [-0.2, 0) is 9.59 Å². The second-order valence-electron chi connectivity index (χ2n) is 6.11. The highest BCUT2D eigenvalue weighted by Gasteiger charge is 2.16. The Hall–Kier alpha value is -1.55. The molecule has 0 atom stereocenters. The number of benzene rings is 1. The normalized spacial score (nSPS) is 10.7. The molecule has 0 aromatic heterocycles. The van der Waals surface area contributed by atoms with Gasteiger partial charge in [0.15, 0.2) is 0 Å². The third kappa shape index (κ3) is 5.68. The number of hydrogen-bond acceptors (Lipinski definition) is 2. The van der Waals surface area contributed by atoms with Crippen molar-refractivity contribution in [3.8, 4) is 0 Å². The molecule has 0 spiro atoms. The zero-order chi connectivity index (χ0) is 16.9. The zero-order valence-corrected chi connectivity index (χ0v) is 14.8. The molecule has 0 saturated carbocycles. The van der Waals surface area contributed by atoms with E-state index in [4.69, 9.17) is 11.6 Å². The molecular weight excluding hydrogens is 300 g/mol. The maximum atomic E-state index is 12.2. The third-order valence-electron chi connectivity index (χ3n) is 3.45. The fraction of sp³-hybridized carbons (Fsp3) is 0.529. The monoisotopic (exact) mass is 324 g/mol. The molecular formula is C17H25ClN2O2. The third-order valence-corrected chi connectivity index (χ3v) is 3.75. The number of anilines is 1. The van der Waals surface area contributed by atoms with Gasteiger partial charge in [-0.3, -0.25) is 9.59 Å². The SMILES string of the molecule is CC(=O)N(CCC(C)C)CC(=O)Nc1c(C)cc(C)cc1Cl. The molecule has 122 valence electrons. The second kappa shape index (κ2) is 8.18. The molecule has 0 aliphatic heterocycles. The number of nitrogens with one attached hydrogen (secondary N) is 1. The first-order valence-electron chi connectivity index (χ1n) is 7.52. The van der Waals surface area contributed by atoms with E-state index in [1.54, 1.807) is 4.90 Å². The first-order chi connectivity index (χ1) is 10.2. The van der Waals surface area contributed by atoms with Gasteiger partial charge in [-0.25, -0.2) is 0 Å². The lowest BCUT2D eigenvalue weighted by molar-refractivity contribution is -0.132. The molecule has 4 nitrogen and oxygen atoms in total. The molecule has 1 N–H and O–H groups in total. The molecule has 1 aromatic rings. The number of halogens is 1. The molecule has 1 aromatic carbocycles. The van der Waals surface area contributed by atoms with Crippen LogP contribution in [0.4, 0.5) is 5.69 Å². The first-order valence-corrected chi connectivity index (χ1v) is 7.90. The predicted molar refractivity (Wildman–Crippen MR) is 91.3 cm³/mol. The van der Waals surface area contributed by atoms with E-state index >= 15 is 0 Å². The van der Waals surface area contributed by atoms with Gasteiger partial charge in [0.05, 0.1) is 17.3 Å². The summed E-state index contributed by atoms with van der Waals surface area (Å²) >= 11 is 6.19. The number of carbonyl (C=O) groups is 2. The minimum absolute atomic E-state index is 0.0473. The summed E-state index contributed by atoms with van der Waals surface area (Å²) in [5, 5.41) is 3.33. The smallest absolute Gasteiger partial charge is 0.244 e. The molecule has 0 fully saturated rings. The number of hydrogen-bond donors (Lipinski definition) is 1. The van der Waals surface area contributed by atoms with Gasteiger partial charge < -0.3 is 10.2 Å². The minimum atomic E-state index is -0.229. The van der Waals surface area contributed by atoms with Gasteiger partial charge in [0.25, 0.3) is 0 Å². The van der Waals surface area contributed by atoms with Crippen LogP contribution in [0.1, 0.15) is 38.3 Å². The van der Waals surface area contributed by atoms with E-state index < -0.39 is 0 Å². The number of nitrogens with zero attached hydrogens (tertiary/aromatic N) is 1. The number of amides is 2. The molecule has 0 bridgehead atoms. The average molecular weight is 325 g/mol. The summed E-state index contributed by atoms with van der Waals surface area (Å²) in [6.07, 6.45) is 0.872. The molecule has 0 radical (unpaired) electrons. The van der Waals surface area contributed by atoms with Gasteiger partial charge in [-0.05, 0) is 43.4 Å². The van der Waals surface area contributed by atoms with Crippen molar-refractivity contribution in [2.24, 2.45) is 5.92 Å². The summed E-state index contributed by atoms with van der Waals surface area (Å²) in [4.78, 5) is 25.4. The standard InChI is InChI=1S/C17H25ClN2O2/c1-11(2)6-7-20(14(5)21)10-16(22)19-17-13(4)8-12(3)9-15(17)18/h8-9,11H,6-7,10H2,1-5H3,(H,19,22). The van der Waals surface area contributed by atoms with Gasteiger partial charge in [0.2, 0.25) is 11.8 Å². The molecule has 22 heavy (non-hydrogen) atoms. The van der Waals surface area contributed by atoms with E-state index in [0.29, 0.717) is 23.2 Å². The summed E-state index contributed by atoms with van der Waals surface area (Å²) in [5.74, 6) is 0.161. The van der Waals surface area contributed by atoms with E-state index in [-0.39, 0.29) is 18.4 Å². The van der Waals surface area contributed by atoms with Crippen molar-refractivity contribution in [3.05, 3.63) is 28.3 Å². The van der Waals surface area contributed by atoms with Gasteiger partial charge in [-0.15, -0.1) is 0 Å². The summed E-state index contributed by atoms with van der Waals surface area (Å²) in [6, 6.07) is 3.77. The van der Waals surface area contributed by atoms with Gasteiger partial charge in [-0.1, -0.05) is 31.5 Å². The van der Waals surface area contributed by atoms with Crippen LogP contribution >= 0.6 is 11.6 Å². The van der Waals surface area contributed by atoms with E-state index in [9.17, 15) is 9.59 Å². The van der Waals surface area contributed by atoms with Crippen LogP contribution in [0.5, 0.6) is 0 Å². The van der Waals surface area contributed by atoms with Crippen LogP contribution in [0, 0.1) is 19.8 Å². The Labute approximate surface area is 137 Å². The average Bonchev–Trinajstić information content (AvgIpc) is 2.38. The highest BCUT2D eigenvalue weighted by molar-refractivity contribution is 6.34. The number of carbonyl (C=O) groups excluding carboxylic acids is 2. The molecule has 0 aliphatic carbocycles. The van der Waals surface area contributed by atoms with Crippen LogP contribution in [0.15, 0.2) is 12.1 Å². The Kier molecular flexibility index (Phi) is 6.88. The maximum Gasteiger partial charge on any atom is 0.244 e. The van der Waals surface area contributed by atoms with Crippen LogP contribution in [-0.4, -0.2) is 29.8 Å². The first kappa shape index (κ1) is 18.5. The molecule has 0 saturated heterocycles. The van der Waals surface area contributed by atoms with Gasteiger partial charge in [-0.2, -0.15) is 0 Å². The molecule has 0 unspecified atom stereocenters. The highest BCUT2D eigenvalue weighted by atomic mass is 35.5. The Morgan fingerprint density at radius 2 is 1.91 bits per heavy atom. The lowest BCUT2D eigenvalue weighted by atomic mass is 10.1. The summed E-state index contributed by atoms with van der Waals surface area (Å²) < 4.78 is 0. The summed E-state index contributed by atoms with van der Waals surface area (Å²) in [6.45, 7) is 10.1. The van der Waals surface area contributed by atoms with Crippen molar-refractivity contribution in [2.75, 3.05) is 18.4 Å². The van der Waals surface area contributed by atoms with Crippen LogP contribution in [0.3, 0.4) is 0 Å². The van der Waals surface area contributed by atoms with Crippen LogP contribution in [0.25, 0.3) is 0 Å².